The van der Waals surface area contributed by atoms with Crippen LogP contribution < -0.4 is 10.1 Å². The van der Waals surface area contributed by atoms with Crippen LogP contribution in [0.25, 0.3) is 0 Å². The lowest BCUT2D eigenvalue weighted by molar-refractivity contribution is -0.134. The van der Waals surface area contributed by atoms with Crippen LogP contribution >= 0.6 is 0 Å². The Morgan fingerprint density at radius 1 is 1.17 bits per heavy atom. The maximum absolute atomic E-state index is 12.2. The van der Waals surface area contributed by atoms with E-state index in [0.717, 1.165) is 11.3 Å². The van der Waals surface area contributed by atoms with Gasteiger partial charge in [0, 0.05) is 20.5 Å². The lowest BCUT2D eigenvalue weighted by Crippen LogP contribution is -2.47. The molecule has 0 fully saturated rings. The molecule has 5 heteroatoms. The van der Waals surface area contributed by atoms with E-state index in [1.54, 1.807) is 21.2 Å². The summed E-state index contributed by atoms with van der Waals surface area (Å²) in [6, 6.07) is 7.20. The highest BCUT2D eigenvalue weighted by Gasteiger charge is 2.23. The molecule has 2 amide bonds. The summed E-state index contributed by atoms with van der Waals surface area (Å²) >= 11 is 0. The van der Waals surface area contributed by atoms with Gasteiger partial charge in [-0.15, -0.1) is 0 Å². The van der Waals surface area contributed by atoms with Crippen molar-refractivity contribution in [2.24, 2.45) is 5.92 Å². The molecule has 0 radical (unpaired) electrons. The van der Waals surface area contributed by atoms with Gasteiger partial charge in [-0.3, -0.25) is 9.59 Å². The van der Waals surface area contributed by atoms with Crippen LogP contribution in [0, 0.1) is 5.92 Å². The number of nitrogens with zero attached hydrogens (tertiary/aromatic N) is 1. The lowest BCUT2D eigenvalue weighted by Gasteiger charge is -2.23. The van der Waals surface area contributed by atoms with Crippen LogP contribution in [0.15, 0.2) is 24.3 Å². The number of rotatable bonds is 8. The Kier molecular flexibility index (Phi) is 7.59. The molecule has 0 heterocycles. The molecule has 0 aliphatic rings. The fourth-order valence-corrected chi connectivity index (χ4v) is 2.32. The standard InChI is InChI=1S/C18H28N2O3/c1-13(2)12-16(18(22)20(3)4)19-17(21)11-8-14-6-9-15(23-5)10-7-14/h6-7,9-10,13,16H,8,11-12H2,1-5H3,(H,19,21). The number of methoxy groups -OCH3 is 1. The molecular formula is C18H28N2O3. The monoisotopic (exact) mass is 320 g/mol. The molecule has 1 atom stereocenters. The number of hydrogen-bond donors (Lipinski definition) is 1. The second-order valence-corrected chi connectivity index (χ2v) is 6.33. The summed E-state index contributed by atoms with van der Waals surface area (Å²) in [5, 5.41) is 2.87. The first kappa shape index (κ1) is 19.0. The molecular weight excluding hydrogens is 292 g/mol. The zero-order chi connectivity index (χ0) is 17.4. The summed E-state index contributed by atoms with van der Waals surface area (Å²) in [6.07, 6.45) is 1.65. The SMILES string of the molecule is COc1ccc(CCC(=O)NC(CC(C)C)C(=O)N(C)C)cc1. The van der Waals surface area contributed by atoms with Gasteiger partial charge in [-0.1, -0.05) is 26.0 Å². The van der Waals surface area contributed by atoms with E-state index in [1.165, 1.54) is 4.90 Å². The van der Waals surface area contributed by atoms with E-state index in [1.807, 2.05) is 38.1 Å². The van der Waals surface area contributed by atoms with Gasteiger partial charge in [-0.05, 0) is 36.5 Å². The molecule has 5 nitrogen and oxygen atoms in total. The quantitative estimate of drug-likeness (QED) is 0.799. The van der Waals surface area contributed by atoms with Crippen molar-refractivity contribution in [2.45, 2.75) is 39.2 Å². The van der Waals surface area contributed by atoms with Crippen molar-refractivity contribution in [3.05, 3.63) is 29.8 Å². The molecule has 1 aromatic carbocycles. The van der Waals surface area contributed by atoms with Gasteiger partial charge in [0.25, 0.3) is 0 Å². The third-order valence-electron chi connectivity index (χ3n) is 3.58. The van der Waals surface area contributed by atoms with Crippen molar-refractivity contribution in [3.63, 3.8) is 0 Å². The summed E-state index contributed by atoms with van der Waals surface area (Å²) in [6.45, 7) is 4.08. The minimum atomic E-state index is -0.451. The van der Waals surface area contributed by atoms with E-state index in [2.05, 4.69) is 5.32 Å². The van der Waals surface area contributed by atoms with Crippen molar-refractivity contribution in [3.8, 4) is 5.75 Å². The molecule has 0 aliphatic carbocycles. The predicted molar refractivity (Wildman–Crippen MR) is 91.4 cm³/mol. The largest absolute Gasteiger partial charge is 0.497 e. The second-order valence-electron chi connectivity index (χ2n) is 6.33. The molecule has 1 N–H and O–H groups in total. The molecule has 0 saturated carbocycles. The smallest absolute Gasteiger partial charge is 0.244 e. The maximum Gasteiger partial charge on any atom is 0.244 e. The number of aryl methyl sites for hydroxylation is 1. The molecule has 0 aromatic heterocycles. The number of amides is 2. The highest BCUT2D eigenvalue weighted by Crippen LogP contribution is 2.13. The summed E-state index contributed by atoms with van der Waals surface area (Å²) in [5.41, 5.74) is 1.07. The third kappa shape index (κ3) is 6.72. The number of ether oxygens (including phenoxy) is 1. The Morgan fingerprint density at radius 2 is 1.78 bits per heavy atom. The molecule has 1 unspecified atom stereocenters. The van der Waals surface area contributed by atoms with E-state index in [4.69, 9.17) is 4.74 Å². The van der Waals surface area contributed by atoms with Gasteiger partial charge in [0.05, 0.1) is 7.11 Å². The minimum absolute atomic E-state index is 0.0588. The number of carbonyl (C=O) groups excluding carboxylic acids is 2. The van der Waals surface area contributed by atoms with Gasteiger partial charge in [0.15, 0.2) is 0 Å². The van der Waals surface area contributed by atoms with Crippen molar-refractivity contribution >= 4 is 11.8 Å². The zero-order valence-electron chi connectivity index (χ0n) is 14.8. The van der Waals surface area contributed by atoms with Crippen molar-refractivity contribution in [1.82, 2.24) is 10.2 Å². The Balaban J connectivity index is 2.55. The third-order valence-corrected chi connectivity index (χ3v) is 3.58. The Bertz CT molecular complexity index is 510. The molecule has 0 bridgehead atoms. The van der Waals surface area contributed by atoms with Crippen molar-refractivity contribution < 1.29 is 14.3 Å². The summed E-state index contributed by atoms with van der Waals surface area (Å²) < 4.78 is 5.11. The highest BCUT2D eigenvalue weighted by atomic mass is 16.5. The van der Waals surface area contributed by atoms with Crippen LogP contribution in [-0.4, -0.2) is 44.0 Å². The Hall–Kier alpha value is -2.04. The van der Waals surface area contributed by atoms with Crippen molar-refractivity contribution in [1.29, 1.82) is 0 Å². The molecule has 128 valence electrons. The molecule has 0 aliphatic heterocycles. The molecule has 23 heavy (non-hydrogen) atoms. The Labute approximate surface area is 139 Å². The zero-order valence-corrected chi connectivity index (χ0v) is 14.8. The van der Waals surface area contributed by atoms with Crippen molar-refractivity contribution in [2.75, 3.05) is 21.2 Å². The van der Waals surface area contributed by atoms with Crippen LogP contribution in [0.2, 0.25) is 0 Å². The van der Waals surface area contributed by atoms with E-state index in [9.17, 15) is 9.59 Å². The van der Waals surface area contributed by atoms with Crippen LogP contribution in [0.3, 0.4) is 0 Å². The summed E-state index contributed by atoms with van der Waals surface area (Å²) in [7, 11) is 5.04. The van der Waals surface area contributed by atoms with Gasteiger partial charge in [0.1, 0.15) is 11.8 Å². The summed E-state index contributed by atoms with van der Waals surface area (Å²) in [5.74, 6) is 0.982. The van der Waals surface area contributed by atoms with E-state index >= 15 is 0 Å². The van der Waals surface area contributed by atoms with Gasteiger partial charge >= 0.3 is 0 Å². The highest BCUT2D eigenvalue weighted by molar-refractivity contribution is 5.87. The number of benzene rings is 1. The van der Waals surface area contributed by atoms with Gasteiger partial charge in [-0.2, -0.15) is 0 Å². The summed E-state index contributed by atoms with van der Waals surface area (Å²) in [4.78, 5) is 25.8. The van der Waals surface area contributed by atoms with Gasteiger partial charge in [-0.25, -0.2) is 0 Å². The van der Waals surface area contributed by atoms with E-state index < -0.39 is 6.04 Å². The van der Waals surface area contributed by atoms with E-state index in [-0.39, 0.29) is 11.8 Å². The van der Waals surface area contributed by atoms with Crippen LogP contribution in [0.5, 0.6) is 5.75 Å². The van der Waals surface area contributed by atoms with Crippen LogP contribution in [0.1, 0.15) is 32.3 Å². The number of carbonyl (C=O) groups is 2. The number of hydrogen-bond acceptors (Lipinski definition) is 3. The fourth-order valence-electron chi connectivity index (χ4n) is 2.32. The fraction of sp³-hybridized carbons (Fsp3) is 0.556. The number of likely N-dealkylation sites (N-methyl/N-ethyl adjacent to an activating group) is 1. The van der Waals surface area contributed by atoms with Gasteiger partial charge in [0.2, 0.25) is 11.8 Å². The number of nitrogens with one attached hydrogen (secondary N) is 1. The topological polar surface area (TPSA) is 58.6 Å². The first-order valence-corrected chi connectivity index (χ1v) is 7.97. The minimum Gasteiger partial charge on any atom is -0.497 e. The van der Waals surface area contributed by atoms with E-state index in [0.29, 0.717) is 25.2 Å². The lowest BCUT2D eigenvalue weighted by atomic mass is 10.0. The first-order chi connectivity index (χ1) is 10.8. The molecule has 0 spiro atoms. The predicted octanol–water partition coefficient (Wildman–Crippen LogP) is 2.25. The average molecular weight is 320 g/mol. The molecule has 0 saturated heterocycles. The Morgan fingerprint density at radius 3 is 2.26 bits per heavy atom. The average Bonchev–Trinajstić information content (AvgIpc) is 2.51. The van der Waals surface area contributed by atoms with Crippen LogP contribution in [-0.2, 0) is 16.0 Å². The normalized spacial score (nSPS) is 11.9. The second kappa shape index (κ2) is 9.18. The maximum atomic E-state index is 12.2. The molecule has 1 rings (SSSR count). The molecule has 1 aromatic rings. The van der Waals surface area contributed by atoms with Crippen LogP contribution in [0.4, 0.5) is 0 Å². The first-order valence-electron chi connectivity index (χ1n) is 7.97. The van der Waals surface area contributed by atoms with Gasteiger partial charge < -0.3 is 15.0 Å².